The van der Waals surface area contributed by atoms with Crippen LogP contribution in [0.2, 0.25) is 0 Å². The molecule has 3 nitrogen and oxygen atoms in total. The van der Waals surface area contributed by atoms with Crippen LogP contribution >= 0.6 is 0 Å². The molecule has 0 spiro atoms. The van der Waals surface area contributed by atoms with Gasteiger partial charge < -0.3 is 4.74 Å². The van der Waals surface area contributed by atoms with Crippen molar-refractivity contribution in [3.8, 4) is 0 Å². The monoisotopic (exact) mass is 250 g/mol. The van der Waals surface area contributed by atoms with E-state index in [2.05, 4.69) is 36.6 Å². The highest BCUT2D eigenvalue weighted by Gasteiger charge is 2.15. The van der Waals surface area contributed by atoms with Gasteiger partial charge in [-0.2, -0.15) is 0 Å². The number of rotatable bonds is 6. The van der Waals surface area contributed by atoms with Gasteiger partial charge in [-0.3, -0.25) is 11.3 Å². The van der Waals surface area contributed by atoms with Crippen molar-refractivity contribution in [3.05, 3.63) is 35.4 Å². The summed E-state index contributed by atoms with van der Waals surface area (Å²) in [7, 11) is 0. The van der Waals surface area contributed by atoms with Crippen molar-refractivity contribution in [2.24, 2.45) is 5.84 Å². The standard InChI is InChI=1S/C15H26N2O/c1-5-6-12-7-9-13(10-8-12)14(17-16)11-18-15(2,3)4/h7-10,14,17H,5-6,11,16H2,1-4H3. The van der Waals surface area contributed by atoms with Gasteiger partial charge in [0, 0.05) is 0 Å². The number of hydrogen-bond acceptors (Lipinski definition) is 3. The summed E-state index contributed by atoms with van der Waals surface area (Å²) in [6.45, 7) is 8.91. The van der Waals surface area contributed by atoms with Crippen LogP contribution in [0.15, 0.2) is 24.3 Å². The van der Waals surface area contributed by atoms with Crippen LogP contribution in [-0.4, -0.2) is 12.2 Å². The number of aryl methyl sites for hydroxylation is 1. The van der Waals surface area contributed by atoms with E-state index >= 15 is 0 Å². The van der Waals surface area contributed by atoms with Crippen molar-refractivity contribution in [2.45, 2.75) is 52.2 Å². The Hall–Kier alpha value is -0.900. The van der Waals surface area contributed by atoms with Crippen LogP contribution in [0.1, 0.15) is 51.3 Å². The Kier molecular flexibility index (Phi) is 5.79. The van der Waals surface area contributed by atoms with Gasteiger partial charge in [0.2, 0.25) is 0 Å². The quantitative estimate of drug-likeness (QED) is 0.603. The van der Waals surface area contributed by atoms with E-state index in [1.54, 1.807) is 0 Å². The third-order valence-corrected chi connectivity index (χ3v) is 2.80. The van der Waals surface area contributed by atoms with Crippen LogP contribution in [0.4, 0.5) is 0 Å². The van der Waals surface area contributed by atoms with Crippen LogP contribution in [0.25, 0.3) is 0 Å². The molecular formula is C15H26N2O. The van der Waals surface area contributed by atoms with Crippen molar-refractivity contribution >= 4 is 0 Å². The second kappa shape index (κ2) is 6.88. The molecule has 1 aromatic rings. The summed E-state index contributed by atoms with van der Waals surface area (Å²) in [5.74, 6) is 5.60. The summed E-state index contributed by atoms with van der Waals surface area (Å²) in [6, 6.07) is 8.63. The molecule has 0 radical (unpaired) electrons. The van der Waals surface area contributed by atoms with Crippen LogP contribution in [0, 0.1) is 0 Å². The molecule has 1 atom stereocenters. The molecule has 0 aromatic heterocycles. The Labute approximate surface area is 111 Å². The number of hydrazine groups is 1. The first-order valence-corrected chi connectivity index (χ1v) is 6.65. The molecule has 1 rings (SSSR count). The number of hydrogen-bond donors (Lipinski definition) is 2. The minimum Gasteiger partial charge on any atom is -0.374 e. The fourth-order valence-corrected chi connectivity index (χ4v) is 1.78. The highest BCUT2D eigenvalue weighted by atomic mass is 16.5. The Morgan fingerprint density at radius 2 is 1.83 bits per heavy atom. The van der Waals surface area contributed by atoms with Crippen LogP contribution < -0.4 is 11.3 Å². The third kappa shape index (κ3) is 5.17. The molecule has 0 saturated heterocycles. The molecule has 0 heterocycles. The summed E-state index contributed by atoms with van der Waals surface area (Å²) < 4.78 is 5.77. The van der Waals surface area contributed by atoms with E-state index in [4.69, 9.17) is 10.6 Å². The molecule has 0 bridgehead atoms. The van der Waals surface area contributed by atoms with E-state index in [0.29, 0.717) is 6.61 Å². The normalized spacial score (nSPS) is 13.6. The van der Waals surface area contributed by atoms with Gasteiger partial charge in [-0.05, 0) is 38.3 Å². The maximum absolute atomic E-state index is 5.77. The average molecular weight is 250 g/mol. The van der Waals surface area contributed by atoms with Gasteiger partial charge in [0.1, 0.15) is 0 Å². The molecule has 0 aliphatic heterocycles. The molecule has 0 fully saturated rings. The lowest BCUT2D eigenvalue weighted by Gasteiger charge is -2.24. The molecule has 18 heavy (non-hydrogen) atoms. The van der Waals surface area contributed by atoms with E-state index < -0.39 is 0 Å². The Bertz CT molecular complexity index is 341. The lowest BCUT2D eigenvalue weighted by molar-refractivity contribution is -0.0148. The number of benzene rings is 1. The maximum Gasteiger partial charge on any atom is 0.0694 e. The Morgan fingerprint density at radius 1 is 1.22 bits per heavy atom. The smallest absolute Gasteiger partial charge is 0.0694 e. The van der Waals surface area contributed by atoms with Crippen molar-refractivity contribution < 1.29 is 4.74 Å². The molecule has 3 N–H and O–H groups in total. The van der Waals surface area contributed by atoms with Crippen LogP contribution in [-0.2, 0) is 11.2 Å². The van der Waals surface area contributed by atoms with E-state index in [1.165, 1.54) is 17.5 Å². The van der Waals surface area contributed by atoms with E-state index in [0.717, 1.165) is 6.42 Å². The van der Waals surface area contributed by atoms with Crippen LogP contribution in [0.3, 0.4) is 0 Å². The molecule has 0 amide bonds. The number of ether oxygens (including phenoxy) is 1. The number of nitrogens with two attached hydrogens (primary N) is 1. The van der Waals surface area contributed by atoms with Gasteiger partial charge in [0.25, 0.3) is 0 Å². The van der Waals surface area contributed by atoms with Gasteiger partial charge >= 0.3 is 0 Å². The first kappa shape index (κ1) is 15.2. The van der Waals surface area contributed by atoms with Crippen molar-refractivity contribution in [1.29, 1.82) is 0 Å². The van der Waals surface area contributed by atoms with Gasteiger partial charge in [-0.1, -0.05) is 37.6 Å². The predicted octanol–water partition coefficient (Wildman–Crippen LogP) is 2.96. The van der Waals surface area contributed by atoms with Gasteiger partial charge in [0.05, 0.1) is 18.2 Å². The summed E-state index contributed by atoms with van der Waals surface area (Å²) >= 11 is 0. The van der Waals surface area contributed by atoms with Crippen molar-refractivity contribution in [2.75, 3.05) is 6.61 Å². The van der Waals surface area contributed by atoms with Gasteiger partial charge in [-0.25, -0.2) is 0 Å². The van der Waals surface area contributed by atoms with E-state index in [9.17, 15) is 0 Å². The summed E-state index contributed by atoms with van der Waals surface area (Å²) in [5.41, 5.74) is 5.21. The second-order valence-electron chi connectivity index (χ2n) is 5.63. The minimum atomic E-state index is -0.142. The fraction of sp³-hybridized carbons (Fsp3) is 0.600. The van der Waals surface area contributed by atoms with Crippen molar-refractivity contribution in [3.63, 3.8) is 0 Å². The molecule has 0 aliphatic carbocycles. The Balaban J connectivity index is 2.64. The average Bonchev–Trinajstić information content (AvgIpc) is 2.31. The zero-order valence-electron chi connectivity index (χ0n) is 12.0. The molecule has 1 unspecified atom stereocenters. The number of nitrogens with one attached hydrogen (secondary N) is 1. The molecular weight excluding hydrogens is 224 g/mol. The summed E-state index contributed by atoms with van der Waals surface area (Å²) in [4.78, 5) is 0. The molecule has 102 valence electrons. The second-order valence-corrected chi connectivity index (χ2v) is 5.63. The van der Waals surface area contributed by atoms with Gasteiger partial charge in [0.15, 0.2) is 0 Å². The SMILES string of the molecule is CCCc1ccc(C(COC(C)(C)C)NN)cc1. The summed E-state index contributed by atoms with van der Waals surface area (Å²) in [5, 5.41) is 0. The maximum atomic E-state index is 5.77. The highest BCUT2D eigenvalue weighted by molar-refractivity contribution is 5.25. The zero-order chi connectivity index (χ0) is 13.6. The minimum absolute atomic E-state index is 0.0416. The first-order chi connectivity index (χ1) is 8.46. The summed E-state index contributed by atoms with van der Waals surface area (Å²) in [6.07, 6.45) is 2.30. The van der Waals surface area contributed by atoms with Crippen molar-refractivity contribution in [1.82, 2.24) is 5.43 Å². The lowest BCUT2D eigenvalue weighted by Crippen LogP contribution is -2.34. The predicted molar refractivity (Wildman–Crippen MR) is 76.2 cm³/mol. The topological polar surface area (TPSA) is 47.3 Å². The fourth-order valence-electron chi connectivity index (χ4n) is 1.78. The molecule has 0 aliphatic rings. The third-order valence-electron chi connectivity index (χ3n) is 2.80. The molecule has 3 heteroatoms. The molecule has 1 aromatic carbocycles. The zero-order valence-corrected chi connectivity index (χ0v) is 12.0. The Morgan fingerprint density at radius 3 is 2.28 bits per heavy atom. The first-order valence-electron chi connectivity index (χ1n) is 6.65. The van der Waals surface area contributed by atoms with E-state index in [1.807, 2.05) is 20.8 Å². The van der Waals surface area contributed by atoms with Gasteiger partial charge in [-0.15, -0.1) is 0 Å². The molecule has 0 saturated carbocycles. The van der Waals surface area contributed by atoms with E-state index in [-0.39, 0.29) is 11.6 Å². The highest BCUT2D eigenvalue weighted by Crippen LogP contribution is 2.17. The largest absolute Gasteiger partial charge is 0.374 e. The lowest BCUT2D eigenvalue weighted by atomic mass is 10.0. The van der Waals surface area contributed by atoms with Crippen LogP contribution in [0.5, 0.6) is 0 Å².